The van der Waals surface area contributed by atoms with Crippen LogP contribution in [0.4, 0.5) is 20.4 Å². The number of likely N-dealkylation sites (tertiary alicyclic amines) is 1. The number of benzene rings is 2. The Morgan fingerprint density at radius 1 is 1.14 bits per heavy atom. The van der Waals surface area contributed by atoms with Crippen LogP contribution in [0.3, 0.4) is 0 Å². The molecular formula is C26H26F2N8O. The summed E-state index contributed by atoms with van der Waals surface area (Å²) in [4.78, 5) is 25.0. The van der Waals surface area contributed by atoms with Crippen LogP contribution < -0.4 is 5.32 Å². The van der Waals surface area contributed by atoms with Crippen molar-refractivity contribution in [1.82, 2.24) is 35.2 Å². The molecule has 2 aliphatic rings. The van der Waals surface area contributed by atoms with Crippen LogP contribution in [0.1, 0.15) is 39.2 Å². The van der Waals surface area contributed by atoms with Gasteiger partial charge in [0.2, 0.25) is 5.95 Å². The number of aromatic nitrogens is 5. The number of hydrogen-bond donors (Lipinski definition) is 2. The molecule has 9 nitrogen and oxygen atoms in total. The zero-order chi connectivity index (χ0) is 25.7. The van der Waals surface area contributed by atoms with Crippen LogP contribution in [0, 0.1) is 13.8 Å². The van der Waals surface area contributed by atoms with E-state index in [1.807, 2.05) is 26.0 Å². The van der Waals surface area contributed by atoms with Crippen LogP contribution in [0.2, 0.25) is 0 Å². The van der Waals surface area contributed by atoms with Crippen molar-refractivity contribution in [2.45, 2.75) is 45.3 Å². The number of aryl methyl sites for hydroxylation is 2. The Balaban J connectivity index is 1.14. The van der Waals surface area contributed by atoms with E-state index in [1.54, 1.807) is 29.3 Å². The zero-order valence-corrected chi connectivity index (χ0v) is 20.5. The van der Waals surface area contributed by atoms with E-state index >= 15 is 8.78 Å². The van der Waals surface area contributed by atoms with Gasteiger partial charge in [-0.1, -0.05) is 11.3 Å². The predicted octanol–water partition coefficient (Wildman–Crippen LogP) is 3.97. The molecule has 190 valence electrons. The fraction of sp³-hybridized carbons (Fsp3) is 0.346. The van der Waals surface area contributed by atoms with Gasteiger partial charge in [0.15, 0.2) is 0 Å². The number of hydrogen-bond acceptors (Lipinski definition) is 7. The molecule has 37 heavy (non-hydrogen) atoms. The van der Waals surface area contributed by atoms with E-state index in [4.69, 9.17) is 0 Å². The molecule has 0 saturated carbocycles. The topological polar surface area (TPSA) is 103 Å². The van der Waals surface area contributed by atoms with E-state index in [2.05, 4.69) is 36.8 Å². The number of nitrogens with one attached hydrogen (secondary N) is 2. The minimum Gasteiger partial charge on any atom is -0.332 e. The summed E-state index contributed by atoms with van der Waals surface area (Å²) in [6.07, 6.45) is 1.88. The second-order valence-corrected chi connectivity index (χ2v) is 9.91. The fourth-order valence-electron chi connectivity index (χ4n) is 5.34. The SMILES string of the molecule is Cc1cc(C)cc(Nc2ncc3c(n2)CN(C2CCN(C(=O)c4ccc5[nH]nnc5c4)CC2(F)F)C3)c1. The summed E-state index contributed by atoms with van der Waals surface area (Å²) in [6, 6.07) is 9.98. The highest BCUT2D eigenvalue weighted by atomic mass is 19.3. The molecule has 4 aromatic rings. The lowest BCUT2D eigenvalue weighted by Crippen LogP contribution is -2.58. The number of carbonyl (C=O) groups is 1. The summed E-state index contributed by atoms with van der Waals surface area (Å²) in [5.41, 5.74) is 6.26. The number of carbonyl (C=O) groups excluding carboxylic acids is 1. The molecule has 1 amide bonds. The molecular weight excluding hydrogens is 478 g/mol. The van der Waals surface area contributed by atoms with E-state index in [0.717, 1.165) is 28.1 Å². The average Bonchev–Trinajstić information content (AvgIpc) is 3.48. The van der Waals surface area contributed by atoms with Crippen LogP contribution in [0.5, 0.6) is 0 Å². The summed E-state index contributed by atoms with van der Waals surface area (Å²) in [5.74, 6) is -3.05. The van der Waals surface area contributed by atoms with Crippen LogP contribution in [-0.2, 0) is 13.1 Å². The Labute approximate surface area is 211 Å². The van der Waals surface area contributed by atoms with E-state index in [9.17, 15) is 4.79 Å². The summed E-state index contributed by atoms with van der Waals surface area (Å²) < 4.78 is 30.8. The number of aromatic amines is 1. The Bertz CT molecular complexity index is 1480. The first kappa shape index (κ1) is 23.4. The van der Waals surface area contributed by atoms with Gasteiger partial charge >= 0.3 is 0 Å². The summed E-state index contributed by atoms with van der Waals surface area (Å²) in [6.45, 7) is 4.33. The summed E-state index contributed by atoms with van der Waals surface area (Å²) in [7, 11) is 0. The lowest BCUT2D eigenvalue weighted by molar-refractivity contribution is -0.121. The van der Waals surface area contributed by atoms with Gasteiger partial charge in [-0.25, -0.2) is 18.7 Å². The van der Waals surface area contributed by atoms with Crippen LogP contribution in [0.15, 0.2) is 42.6 Å². The van der Waals surface area contributed by atoms with E-state index in [1.165, 1.54) is 4.90 Å². The van der Waals surface area contributed by atoms with Crippen molar-refractivity contribution in [3.63, 3.8) is 0 Å². The quantitative estimate of drug-likeness (QED) is 0.434. The van der Waals surface area contributed by atoms with Gasteiger partial charge in [0, 0.05) is 42.6 Å². The molecule has 1 fully saturated rings. The van der Waals surface area contributed by atoms with Gasteiger partial charge in [-0.05, 0) is 61.7 Å². The average molecular weight is 505 g/mol. The van der Waals surface area contributed by atoms with Gasteiger partial charge in [-0.15, -0.1) is 5.10 Å². The van der Waals surface area contributed by atoms with Gasteiger partial charge in [0.1, 0.15) is 5.52 Å². The van der Waals surface area contributed by atoms with Gasteiger partial charge in [0.05, 0.1) is 23.8 Å². The molecule has 4 heterocycles. The molecule has 0 radical (unpaired) electrons. The molecule has 1 unspecified atom stereocenters. The largest absolute Gasteiger partial charge is 0.332 e. The molecule has 2 aromatic heterocycles. The third-order valence-electron chi connectivity index (χ3n) is 7.02. The van der Waals surface area contributed by atoms with E-state index in [-0.39, 0.29) is 13.0 Å². The minimum absolute atomic E-state index is 0.167. The van der Waals surface area contributed by atoms with E-state index < -0.39 is 24.4 Å². The first-order valence-electron chi connectivity index (χ1n) is 12.2. The standard InChI is InChI=1S/C26H26F2N8O/c1-15-7-16(2)9-19(8-15)30-25-29-11-18-12-36(13-22(18)31-25)23-5-6-35(14-26(23,27)28)24(37)17-3-4-20-21(10-17)33-34-32-20/h3-4,7-11,23H,5-6,12-14H2,1-2H3,(H,29,30,31)(H,32,33,34). The summed E-state index contributed by atoms with van der Waals surface area (Å²) >= 11 is 0. The predicted molar refractivity (Wildman–Crippen MR) is 134 cm³/mol. The van der Waals surface area contributed by atoms with Crippen molar-refractivity contribution in [3.05, 3.63) is 70.5 Å². The molecule has 0 bridgehead atoms. The normalized spacial score (nSPS) is 19.2. The number of anilines is 2. The Morgan fingerprint density at radius 3 is 2.73 bits per heavy atom. The van der Waals surface area contributed by atoms with Gasteiger partial charge in [-0.3, -0.25) is 14.8 Å². The number of alkyl halides is 2. The van der Waals surface area contributed by atoms with Crippen LogP contribution in [0.25, 0.3) is 11.0 Å². The Morgan fingerprint density at radius 2 is 1.95 bits per heavy atom. The molecule has 6 rings (SSSR count). The molecule has 2 aliphatic heterocycles. The number of amides is 1. The number of halogens is 2. The fourth-order valence-corrected chi connectivity index (χ4v) is 5.34. The third-order valence-corrected chi connectivity index (χ3v) is 7.02. The maximum absolute atomic E-state index is 15.4. The molecule has 2 N–H and O–H groups in total. The molecule has 0 aliphatic carbocycles. The van der Waals surface area contributed by atoms with E-state index in [0.29, 0.717) is 35.6 Å². The highest BCUT2D eigenvalue weighted by Gasteiger charge is 2.49. The van der Waals surface area contributed by atoms with Gasteiger partial charge in [-0.2, -0.15) is 0 Å². The smallest absolute Gasteiger partial charge is 0.280 e. The molecule has 1 saturated heterocycles. The lowest BCUT2D eigenvalue weighted by atomic mass is 9.98. The van der Waals surface area contributed by atoms with Crippen molar-refractivity contribution in [3.8, 4) is 0 Å². The third kappa shape index (κ3) is 4.50. The molecule has 0 spiro atoms. The van der Waals surface area contributed by atoms with Crippen LogP contribution in [-0.4, -0.2) is 66.1 Å². The highest BCUT2D eigenvalue weighted by molar-refractivity contribution is 5.97. The molecule has 1 atom stereocenters. The van der Waals surface area contributed by atoms with Crippen molar-refractivity contribution < 1.29 is 13.6 Å². The first-order chi connectivity index (χ1) is 17.7. The Hall–Kier alpha value is -3.99. The number of fused-ring (bicyclic) bond motifs is 2. The number of H-pyrrole nitrogens is 1. The molecule has 2 aromatic carbocycles. The number of piperidine rings is 1. The van der Waals surface area contributed by atoms with Crippen molar-refractivity contribution in [2.75, 3.05) is 18.4 Å². The Kier molecular flexibility index (Phi) is 5.59. The zero-order valence-electron chi connectivity index (χ0n) is 20.5. The van der Waals surface area contributed by atoms with Gasteiger partial charge < -0.3 is 10.2 Å². The summed E-state index contributed by atoms with van der Waals surface area (Å²) in [5, 5.41) is 13.6. The maximum atomic E-state index is 15.4. The molecule has 11 heteroatoms. The minimum atomic E-state index is -3.07. The van der Waals surface area contributed by atoms with Crippen molar-refractivity contribution >= 4 is 28.6 Å². The highest BCUT2D eigenvalue weighted by Crippen LogP contribution is 2.36. The second kappa shape index (κ2) is 8.84. The monoisotopic (exact) mass is 504 g/mol. The lowest BCUT2D eigenvalue weighted by Gasteiger charge is -2.42. The number of rotatable bonds is 4. The van der Waals surface area contributed by atoms with Gasteiger partial charge in [0.25, 0.3) is 11.8 Å². The van der Waals surface area contributed by atoms with Crippen molar-refractivity contribution in [1.29, 1.82) is 0 Å². The van der Waals surface area contributed by atoms with Crippen molar-refractivity contribution in [2.24, 2.45) is 0 Å². The second-order valence-electron chi connectivity index (χ2n) is 9.91. The number of nitrogens with zero attached hydrogens (tertiary/aromatic N) is 6. The first-order valence-corrected chi connectivity index (χ1v) is 12.2. The maximum Gasteiger partial charge on any atom is 0.280 e. The van der Waals surface area contributed by atoms with Crippen LogP contribution >= 0.6 is 0 Å².